The zero-order chi connectivity index (χ0) is 11.1. The van der Waals surface area contributed by atoms with Gasteiger partial charge >= 0.3 is 0 Å². The first-order chi connectivity index (χ1) is 6.45. The van der Waals surface area contributed by atoms with Crippen LogP contribution < -0.4 is 11.1 Å². The van der Waals surface area contributed by atoms with Gasteiger partial charge in [-0.15, -0.1) is 0 Å². The molecule has 0 aliphatic rings. The molecule has 0 fully saturated rings. The summed E-state index contributed by atoms with van der Waals surface area (Å²) in [4.78, 5) is 0. The Labute approximate surface area is 88.3 Å². The van der Waals surface area contributed by atoms with E-state index in [2.05, 4.69) is 32.3 Å². The van der Waals surface area contributed by atoms with Gasteiger partial charge in [0.1, 0.15) is 0 Å². The van der Waals surface area contributed by atoms with Crippen LogP contribution in [0.4, 0.5) is 0 Å². The number of hydrogen-bond acceptors (Lipinski definition) is 2. The predicted octanol–water partition coefficient (Wildman–Crippen LogP) is 2.43. The van der Waals surface area contributed by atoms with Gasteiger partial charge in [0.2, 0.25) is 0 Å². The van der Waals surface area contributed by atoms with Gasteiger partial charge in [-0.05, 0) is 25.7 Å². The number of nitrogens with two attached hydrogens (primary N) is 1. The van der Waals surface area contributed by atoms with E-state index in [1.165, 1.54) is 0 Å². The molecular weight excluding hydrogens is 172 g/mol. The molecule has 82 valence electrons. The first-order valence-corrected chi connectivity index (χ1v) is 5.28. The van der Waals surface area contributed by atoms with Gasteiger partial charge in [0.15, 0.2) is 0 Å². The van der Waals surface area contributed by atoms with Crippen LogP contribution >= 0.6 is 0 Å². The fourth-order valence-corrected chi connectivity index (χ4v) is 1.24. The normalized spacial score (nSPS) is 12.6. The minimum Gasteiger partial charge on any atom is -0.389 e. The Bertz CT molecular complexity index is 194. The van der Waals surface area contributed by atoms with E-state index in [-0.39, 0.29) is 6.04 Å². The fraction of sp³-hybridized carbons (Fsp3) is 0.667. The minimum absolute atomic E-state index is 0.141. The Morgan fingerprint density at radius 3 is 2.36 bits per heavy atom. The summed E-state index contributed by atoms with van der Waals surface area (Å²) in [7, 11) is 0. The van der Waals surface area contributed by atoms with Gasteiger partial charge in [0.25, 0.3) is 0 Å². The quantitative estimate of drug-likeness (QED) is 0.485. The topological polar surface area (TPSA) is 38.0 Å². The molecule has 0 aromatic rings. The van der Waals surface area contributed by atoms with Crippen LogP contribution in [-0.4, -0.2) is 12.6 Å². The smallest absolute Gasteiger partial charge is 0.0254 e. The third-order valence-corrected chi connectivity index (χ3v) is 2.34. The predicted molar refractivity (Wildman–Crippen MR) is 64.0 cm³/mol. The van der Waals surface area contributed by atoms with Crippen LogP contribution in [0.3, 0.4) is 0 Å². The highest BCUT2D eigenvalue weighted by molar-refractivity contribution is 5.06. The molecule has 1 atom stereocenters. The van der Waals surface area contributed by atoms with Crippen molar-refractivity contribution in [1.29, 1.82) is 0 Å². The van der Waals surface area contributed by atoms with Gasteiger partial charge in [0.05, 0.1) is 0 Å². The van der Waals surface area contributed by atoms with Gasteiger partial charge < -0.3 is 11.1 Å². The standard InChI is InChI=1S/C12H24N2/c1-9(2)11(5)12(13)7-6-8-14-10(3)4/h9,12,14H,3,5-8,13H2,1-2,4H3. The molecule has 14 heavy (non-hydrogen) atoms. The van der Waals surface area contributed by atoms with Crippen LogP contribution in [0.2, 0.25) is 0 Å². The summed E-state index contributed by atoms with van der Waals surface area (Å²) in [6.07, 6.45) is 2.07. The van der Waals surface area contributed by atoms with Crippen molar-refractivity contribution in [3.8, 4) is 0 Å². The molecule has 3 N–H and O–H groups in total. The highest BCUT2D eigenvalue weighted by Gasteiger charge is 2.09. The molecule has 1 unspecified atom stereocenters. The molecule has 0 aliphatic carbocycles. The van der Waals surface area contributed by atoms with Crippen molar-refractivity contribution >= 4 is 0 Å². The number of allylic oxidation sites excluding steroid dienone is 1. The molecule has 2 nitrogen and oxygen atoms in total. The Hall–Kier alpha value is -0.760. The fourth-order valence-electron chi connectivity index (χ4n) is 1.24. The van der Waals surface area contributed by atoms with Crippen molar-refractivity contribution in [2.24, 2.45) is 11.7 Å². The first-order valence-electron chi connectivity index (χ1n) is 5.28. The summed E-state index contributed by atoms with van der Waals surface area (Å²) < 4.78 is 0. The molecule has 0 aromatic heterocycles. The van der Waals surface area contributed by atoms with E-state index < -0.39 is 0 Å². The molecule has 0 aromatic carbocycles. The van der Waals surface area contributed by atoms with Crippen LogP contribution in [0.15, 0.2) is 24.4 Å². The summed E-state index contributed by atoms with van der Waals surface area (Å²) in [5.74, 6) is 0.485. The molecule has 0 saturated carbocycles. The number of hydrogen-bond donors (Lipinski definition) is 2. The average Bonchev–Trinajstić information content (AvgIpc) is 2.10. The Kier molecular flexibility index (Phi) is 6.30. The Morgan fingerprint density at radius 2 is 1.93 bits per heavy atom. The molecule has 0 radical (unpaired) electrons. The second kappa shape index (κ2) is 6.66. The van der Waals surface area contributed by atoms with E-state index in [0.29, 0.717) is 5.92 Å². The van der Waals surface area contributed by atoms with E-state index in [4.69, 9.17) is 5.73 Å². The molecular formula is C12H24N2. The van der Waals surface area contributed by atoms with Gasteiger partial charge in [-0.2, -0.15) is 0 Å². The summed E-state index contributed by atoms with van der Waals surface area (Å²) in [5.41, 5.74) is 8.15. The van der Waals surface area contributed by atoms with Gasteiger partial charge in [0, 0.05) is 18.3 Å². The third-order valence-electron chi connectivity index (χ3n) is 2.34. The summed E-state index contributed by atoms with van der Waals surface area (Å²) in [6, 6.07) is 0.141. The highest BCUT2D eigenvalue weighted by atomic mass is 14.9. The van der Waals surface area contributed by atoms with Crippen molar-refractivity contribution in [2.75, 3.05) is 6.54 Å². The third kappa shape index (κ3) is 5.81. The van der Waals surface area contributed by atoms with E-state index in [0.717, 1.165) is 30.7 Å². The lowest BCUT2D eigenvalue weighted by Crippen LogP contribution is -2.26. The van der Waals surface area contributed by atoms with Crippen molar-refractivity contribution in [3.63, 3.8) is 0 Å². The Balaban J connectivity index is 3.59. The first kappa shape index (κ1) is 13.2. The van der Waals surface area contributed by atoms with Crippen LogP contribution in [0.25, 0.3) is 0 Å². The zero-order valence-electron chi connectivity index (χ0n) is 9.77. The van der Waals surface area contributed by atoms with Crippen molar-refractivity contribution in [2.45, 2.75) is 39.7 Å². The van der Waals surface area contributed by atoms with Gasteiger partial charge in [-0.1, -0.05) is 32.6 Å². The second-order valence-electron chi connectivity index (χ2n) is 4.19. The highest BCUT2D eigenvalue weighted by Crippen LogP contribution is 2.13. The van der Waals surface area contributed by atoms with Crippen LogP contribution in [0, 0.1) is 5.92 Å². The molecule has 0 rings (SSSR count). The van der Waals surface area contributed by atoms with E-state index in [1.54, 1.807) is 0 Å². The summed E-state index contributed by atoms with van der Waals surface area (Å²) >= 11 is 0. The molecule has 0 amide bonds. The maximum Gasteiger partial charge on any atom is 0.0254 e. The summed E-state index contributed by atoms with van der Waals surface area (Å²) in [5, 5.41) is 3.19. The lowest BCUT2D eigenvalue weighted by atomic mass is 9.95. The van der Waals surface area contributed by atoms with Gasteiger partial charge in [-0.3, -0.25) is 0 Å². The van der Waals surface area contributed by atoms with Crippen LogP contribution in [0.5, 0.6) is 0 Å². The molecule has 0 bridgehead atoms. The Morgan fingerprint density at radius 1 is 1.36 bits per heavy atom. The second-order valence-corrected chi connectivity index (χ2v) is 4.19. The minimum atomic E-state index is 0.141. The average molecular weight is 196 g/mol. The largest absolute Gasteiger partial charge is 0.389 e. The maximum atomic E-state index is 5.99. The monoisotopic (exact) mass is 196 g/mol. The SMILES string of the molecule is C=C(C)NCCCC(N)C(=C)C(C)C. The van der Waals surface area contributed by atoms with Crippen LogP contribution in [-0.2, 0) is 0 Å². The number of rotatable bonds is 7. The van der Waals surface area contributed by atoms with E-state index in [9.17, 15) is 0 Å². The lowest BCUT2D eigenvalue weighted by molar-refractivity contribution is 0.573. The van der Waals surface area contributed by atoms with E-state index in [1.807, 2.05) is 6.92 Å². The van der Waals surface area contributed by atoms with E-state index >= 15 is 0 Å². The maximum absolute atomic E-state index is 5.99. The lowest BCUT2D eigenvalue weighted by Gasteiger charge is -2.18. The molecule has 0 aliphatic heterocycles. The van der Waals surface area contributed by atoms with Crippen molar-refractivity contribution in [3.05, 3.63) is 24.4 Å². The van der Waals surface area contributed by atoms with Crippen molar-refractivity contribution in [1.82, 2.24) is 5.32 Å². The molecule has 0 heterocycles. The molecule has 2 heteroatoms. The number of nitrogens with one attached hydrogen (secondary N) is 1. The summed E-state index contributed by atoms with van der Waals surface area (Å²) in [6.45, 7) is 15.0. The van der Waals surface area contributed by atoms with Crippen LogP contribution in [0.1, 0.15) is 33.6 Å². The molecule has 0 saturated heterocycles. The molecule has 0 spiro atoms. The van der Waals surface area contributed by atoms with Crippen molar-refractivity contribution < 1.29 is 0 Å². The zero-order valence-corrected chi connectivity index (χ0v) is 9.77. The van der Waals surface area contributed by atoms with Gasteiger partial charge in [-0.25, -0.2) is 0 Å².